The lowest BCUT2D eigenvalue weighted by molar-refractivity contribution is -0.121. The Hall–Kier alpha value is -4.69. The molecule has 5 N–H and O–H groups in total. The predicted octanol–water partition coefficient (Wildman–Crippen LogP) is 7.43. The molecule has 0 saturated heterocycles. The van der Waals surface area contributed by atoms with Crippen LogP contribution in [0, 0.1) is 0 Å². The summed E-state index contributed by atoms with van der Waals surface area (Å²) >= 11 is 0. The van der Waals surface area contributed by atoms with E-state index in [1.165, 1.54) is 18.7 Å². The van der Waals surface area contributed by atoms with E-state index in [-0.39, 0.29) is 71.7 Å². The smallest absolute Gasteiger partial charge is 0.200 e. The number of aromatic hydroxyl groups is 4. The van der Waals surface area contributed by atoms with E-state index in [9.17, 15) is 30.3 Å². The quantitative estimate of drug-likeness (QED) is 0.0847. The summed E-state index contributed by atoms with van der Waals surface area (Å²) in [6.07, 6.45) is 4.86. The fraction of sp³-hybridized carbons (Fsp3) is 0.359. The SMILES string of the molecule is COc1cc(CCC(=O)CC(O)CC(CC2(c3ccccc3)CCCC2)c2cc(O)c(O)c(OCc3cccc(O)c3)c2)ccc1O. The summed E-state index contributed by atoms with van der Waals surface area (Å²) in [6, 6.07) is 25.2. The number of methoxy groups -OCH3 is 1. The summed E-state index contributed by atoms with van der Waals surface area (Å²) in [5.74, 6) is -0.462. The Bertz CT molecular complexity index is 1640. The second kappa shape index (κ2) is 15.3. The molecule has 1 aliphatic carbocycles. The summed E-state index contributed by atoms with van der Waals surface area (Å²) in [6.45, 7) is 0.0630. The number of Topliss-reactive ketones (excluding diaryl/α,β-unsaturated/α-hetero) is 1. The fourth-order valence-corrected chi connectivity index (χ4v) is 6.97. The van der Waals surface area contributed by atoms with Gasteiger partial charge in [0.1, 0.15) is 18.1 Å². The van der Waals surface area contributed by atoms with Crippen molar-refractivity contribution >= 4 is 5.78 Å². The monoisotopic (exact) mass is 640 g/mol. The molecular weight excluding hydrogens is 596 g/mol. The Labute approximate surface area is 275 Å². The first kappa shape index (κ1) is 33.7. The first-order valence-electron chi connectivity index (χ1n) is 16.2. The lowest BCUT2D eigenvalue weighted by Crippen LogP contribution is -2.27. The van der Waals surface area contributed by atoms with E-state index in [1.807, 2.05) is 18.2 Å². The summed E-state index contributed by atoms with van der Waals surface area (Å²) in [5, 5.41) is 52.6. The van der Waals surface area contributed by atoms with E-state index in [2.05, 4.69) is 12.1 Å². The van der Waals surface area contributed by atoms with Crippen LogP contribution in [0.3, 0.4) is 0 Å². The van der Waals surface area contributed by atoms with Crippen molar-refractivity contribution in [2.45, 2.75) is 81.8 Å². The summed E-state index contributed by atoms with van der Waals surface area (Å²) in [4.78, 5) is 13.0. The number of carbonyl (C=O) groups is 1. The number of hydrogen-bond donors (Lipinski definition) is 5. The maximum absolute atomic E-state index is 13.0. The minimum absolute atomic E-state index is 0.0189. The normalized spacial score (nSPS) is 15.2. The number of benzene rings is 4. The number of aliphatic hydroxyl groups excluding tert-OH is 1. The van der Waals surface area contributed by atoms with Crippen LogP contribution in [0.5, 0.6) is 34.5 Å². The van der Waals surface area contributed by atoms with Crippen molar-refractivity contribution in [1.29, 1.82) is 0 Å². The zero-order chi connectivity index (χ0) is 33.4. The Morgan fingerprint density at radius 3 is 2.32 bits per heavy atom. The van der Waals surface area contributed by atoms with Gasteiger partial charge in [0.15, 0.2) is 23.0 Å². The first-order valence-corrected chi connectivity index (χ1v) is 16.2. The van der Waals surface area contributed by atoms with Gasteiger partial charge in [0.25, 0.3) is 0 Å². The molecular formula is C39H44O8. The third-order valence-corrected chi connectivity index (χ3v) is 9.39. The Balaban J connectivity index is 1.37. The molecule has 8 heteroatoms. The van der Waals surface area contributed by atoms with E-state index < -0.39 is 6.10 Å². The van der Waals surface area contributed by atoms with E-state index in [0.29, 0.717) is 29.7 Å². The van der Waals surface area contributed by atoms with Gasteiger partial charge in [-0.2, -0.15) is 0 Å². The predicted molar refractivity (Wildman–Crippen MR) is 179 cm³/mol. The lowest BCUT2D eigenvalue weighted by Gasteiger charge is -2.35. The maximum Gasteiger partial charge on any atom is 0.200 e. The molecule has 4 aromatic carbocycles. The molecule has 0 amide bonds. The number of ketones is 1. The molecule has 0 aromatic heterocycles. The van der Waals surface area contributed by atoms with Gasteiger partial charge in [0.05, 0.1) is 13.2 Å². The second-order valence-electron chi connectivity index (χ2n) is 12.7. The highest BCUT2D eigenvalue weighted by atomic mass is 16.5. The molecule has 5 rings (SSSR count). The standard InChI is InChI=1S/C39H44O8/c1-46-36-19-26(13-15-34(36)43)12-14-32(41)23-33(42)20-29(24-39(16-5-6-17-39)30-9-3-2-4-10-30)28-21-35(44)38(45)37(22-28)47-25-27-8-7-11-31(40)18-27/h2-4,7-11,13,15,18-19,21-22,29,33,40,42-45H,5-6,12,14,16-17,20,23-25H2,1H3. The van der Waals surface area contributed by atoms with Crippen LogP contribution in [-0.4, -0.2) is 44.5 Å². The van der Waals surface area contributed by atoms with Crippen molar-refractivity contribution in [2.24, 2.45) is 0 Å². The highest BCUT2D eigenvalue weighted by molar-refractivity contribution is 5.79. The molecule has 0 bridgehead atoms. The van der Waals surface area contributed by atoms with E-state index in [4.69, 9.17) is 9.47 Å². The number of ether oxygens (including phenoxy) is 2. The number of rotatable bonds is 15. The number of phenolic OH excluding ortho intramolecular Hbond substituents is 4. The van der Waals surface area contributed by atoms with Crippen molar-refractivity contribution in [3.63, 3.8) is 0 Å². The van der Waals surface area contributed by atoms with Crippen LogP contribution in [0.1, 0.15) is 79.5 Å². The zero-order valence-electron chi connectivity index (χ0n) is 26.8. The number of phenols is 4. The van der Waals surface area contributed by atoms with Crippen LogP contribution in [0.2, 0.25) is 0 Å². The van der Waals surface area contributed by atoms with Crippen LogP contribution in [-0.2, 0) is 23.2 Å². The van der Waals surface area contributed by atoms with Crippen molar-refractivity contribution in [3.05, 3.63) is 107 Å². The van der Waals surface area contributed by atoms with Crippen LogP contribution in [0.4, 0.5) is 0 Å². The molecule has 1 saturated carbocycles. The molecule has 0 aliphatic heterocycles. The summed E-state index contributed by atoms with van der Waals surface area (Å²) < 4.78 is 11.1. The van der Waals surface area contributed by atoms with Crippen LogP contribution in [0.25, 0.3) is 0 Å². The lowest BCUT2D eigenvalue weighted by atomic mass is 9.70. The Kier molecular flexibility index (Phi) is 10.9. The van der Waals surface area contributed by atoms with Gasteiger partial charge in [-0.05, 0) is 102 Å². The van der Waals surface area contributed by atoms with Gasteiger partial charge in [0, 0.05) is 12.8 Å². The van der Waals surface area contributed by atoms with Crippen LogP contribution < -0.4 is 9.47 Å². The van der Waals surface area contributed by atoms with E-state index >= 15 is 0 Å². The Morgan fingerprint density at radius 1 is 0.830 bits per heavy atom. The van der Waals surface area contributed by atoms with Gasteiger partial charge < -0.3 is 35.0 Å². The van der Waals surface area contributed by atoms with Crippen molar-refractivity contribution in [2.75, 3.05) is 7.11 Å². The second-order valence-corrected chi connectivity index (χ2v) is 12.7. The average molecular weight is 641 g/mol. The third kappa shape index (κ3) is 8.57. The highest BCUT2D eigenvalue weighted by Gasteiger charge is 2.39. The molecule has 0 spiro atoms. The highest BCUT2D eigenvalue weighted by Crippen LogP contribution is 2.50. The van der Waals surface area contributed by atoms with Crippen molar-refractivity contribution < 1.29 is 39.8 Å². The molecule has 8 nitrogen and oxygen atoms in total. The van der Waals surface area contributed by atoms with Crippen LogP contribution >= 0.6 is 0 Å². The van der Waals surface area contributed by atoms with Crippen molar-refractivity contribution in [3.8, 4) is 34.5 Å². The molecule has 4 aromatic rings. The molecule has 2 atom stereocenters. The first-order chi connectivity index (χ1) is 22.7. The minimum Gasteiger partial charge on any atom is -0.508 e. The number of aliphatic hydroxyl groups is 1. The number of aryl methyl sites for hydroxylation is 1. The molecule has 2 unspecified atom stereocenters. The van der Waals surface area contributed by atoms with Gasteiger partial charge in [-0.25, -0.2) is 0 Å². The fourth-order valence-electron chi connectivity index (χ4n) is 6.97. The van der Waals surface area contributed by atoms with Gasteiger partial charge >= 0.3 is 0 Å². The molecule has 0 heterocycles. The van der Waals surface area contributed by atoms with E-state index in [1.54, 1.807) is 48.5 Å². The number of carbonyl (C=O) groups excluding carboxylic acids is 1. The van der Waals surface area contributed by atoms with Crippen LogP contribution in [0.15, 0.2) is 84.9 Å². The maximum atomic E-state index is 13.0. The molecule has 0 radical (unpaired) electrons. The summed E-state index contributed by atoms with van der Waals surface area (Å²) in [7, 11) is 1.47. The van der Waals surface area contributed by atoms with Gasteiger partial charge in [0.2, 0.25) is 5.75 Å². The average Bonchev–Trinajstić information content (AvgIpc) is 3.55. The molecule has 1 aliphatic rings. The minimum atomic E-state index is -0.927. The topological polar surface area (TPSA) is 137 Å². The van der Waals surface area contributed by atoms with Gasteiger partial charge in [-0.3, -0.25) is 4.79 Å². The largest absolute Gasteiger partial charge is 0.508 e. The zero-order valence-corrected chi connectivity index (χ0v) is 26.8. The van der Waals surface area contributed by atoms with Gasteiger partial charge in [-0.1, -0.05) is 61.4 Å². The van der Waals surface area contributed by atoms with E-state index in [0.717, 1.165) is 31.2 Å². The van der Waals surface area contributed by atoms with Crippen molar-refractivity contribution in [1.82, 2.24) is 0 Å². The molecule has 1 fully saturated rings. The Morgan fingerprint density at radius 2 is 1.60 bits per heavy atom. The molecule has 47 heavy (non-hydrogen) atoms. The third-order valence-electron chi connectivity index (χ3n) is 9.39. The number of hydrogen-bond acceptors (Lipinski definition) is 8. The summed E-state index contributed by atoms with van der Waals surface area (Å²) in [5.41, 5.74) is 3.35. The molecule has 248 valence electrons. The van der Waals surface area contributed by atoms with Gasteiger partial charge in [-0.15, -0.1) is 0 Å².